The summed E-state index contributed by atoms with van der Waals surface area (Å²) >= 11 is 0. The van der Waals surface area contributed by atoms with E-state index in [2.05, 4.69) is 4.90 Å². The van der Waals surface area contributed by atoms with Crippen LogP contribution in [0.2, 0.25) is 0 Å². The van der Waals surface area contributed by atoms with E-state index in [1.54, 1.807) is 14.2 Å². The fraction of sp³-hybridized carbons (Fsp3) is 0.389. The van der Waals surface area contributed by atoms with Gasteiger partial charge < -0.3 is 14.5 Å². The number of ether oxygens (including phenoxy) is 1. The normalized spacial score (nSPS) is 14.2. The number of nitriles is 1. The number of benzene rings is 1. The minimum Gasteiger partial charge on any atom is -0.495 e. The van der Waals surface area contributed by atoms with Crippen molar-refractivity contribution in [3.63, 3.8) is 0 Å². The largest absolute Gasteiger partial charge is 0.495 e. The average molecular weight is 355 g/mol. The van der Waals surface area contributed by atoms with Crippen LogP contribution >= 0.6 is 0 Å². The summed E-state index contributed by atoms with van der Waals surface area (Å²) in [4.78, 5) is 28.7. The van der Waals surface area contributed by atoms with E-state index in [0.717, 1.165) is 16.0 Å². The maximum Gasteiger partial charge on any atom is 0.332 e. The van der Waals surface area contributed by atoms with Crippen LogP contribution in [0.15, 0.2) is 33.9 Å². The highest BCUT2D eigenvalue weighted by molar-refractivity contribution is 5.60. The highest BCUT2D eigenvalue weighted by Crippen LogP contribution is 2.29. The minimum atomic E-state index is -0.558. The van der Waals surface area contributed by atoms with Crippen LogP contribution in [0.25, 0.3) is 0 Å². The number of hydrogen-bond donors (Lipinski definition) is 0. The number of para-hydroxylation sites is 2. The van der Waals surface area contributed by atoms with Crippen molar-refractivity contribution in [3.8, 4) is 11.8 Å². The van der Waals surface area contributed by atoms with E-state index < -0.39 is 11.2 Å². The van der Waals surface area contributed by atoms with E-state index in [1.807, 2.05) is 35.2 Å². The van der Waals surface area contributed by atoms with Gasteiger partial charge in [0.1, 0.15) is 17.6 Å². The maximum absolute atomic E-state index is 12.3. The van der Waals surface area contributed by atoms with Crippen LogP contribution in [-0.2, 0) is 14.1 Å². The molecule has 1 fully saturated rings. The third-order valence-electron chi connectivity index (χ3n) is 4.75. The van der Waals surface area contributed by atoms with Crippen molar-refractivity contribution >= 4 is 11.5 Å². The molecular formula is C18H21N5O3. The molecule has 3 rings (SSSR count). The molecule has 2 heterocycles. The highest BCUT2D eigenvalue weighted by atomic mass is 16.5. The first-order valence-corrected chi connectivity index (χ1v) is 8.32. The van der Waals surface area contributed by atoms with E-state index in [9.17, 15) is 14.9 Å². The predicted molar refractivity (Wildman–Crippen MR) is 99.1 cm³/mol. The topological polar surface area (TPSA) is 83.5 Å². The summed E-state index contributed by atoms with van der Waals surface area (Å²) in [5.74, 6) is 1.19. The first-order valence-electron chi connectivity index (χ1n) is 8.32. The lowest BCUT2D eigenvalue weighted by atomic mass is 10.2. The van der Waals surface area contributed by atoms with Gasteiger partial charge in [-0.1, -0.05) is 12.1 Å². The lowest BCUT2D eigenvalue weighted by Crippen LogP contribution is -2.50. The molecule has 0 radical (unpaired) electrons. The second kappa shape index (κ2) is 6.96. The zero-order valence-corrected chi connectivity index (χ0v) is 15.1. The standard InChI is InChI=1S/C18H21N5O3/c1-20-16(13(12-19)17(24)21(2)18(20)25)23-10-8-22(9-11-23)14-6-4-5-7-15(14)26-3/h4-7H,8-11H2,1-3H3. The van der Waals surface area contributed by atoms with E-state index >= 15 is 0 Å². The molecule has 8 heteroatoms. The van der Waals surface area contributed by atoms with Crippen molar-refractivity contribution in [1.29, 1.82) is 5.26 Å². The third-order valence-corrected chi connectivity index (χ3v) is 4.75. The Bertz CT molecular complexity index is 978. The van der Waals surface area contributed by atoms with Crippen LogP contribution < -0.4 is 25.8 Å². The number of nitrogens with zero attached hydrogens (tertiary/aromatic N) is 5. The molecule has 1 aliphatic heterocycles. The number of piperazine rings is 1. The molecule has 0 unspecified atom stereocenters. The van der Waals surface area contributed by atoms with Crippen LogP contribution in [0.1, 0.15) is 5.56 Å². The molecule has 1 saturated heterocycles. The number of hydrogen-bond acceptors (Lipinski definition) is 6. The number of aromatic nitrogens is 2. The van der Waals surface area contributed by atoms with Gasteiger partial charge in [0.15, 0.2) is 5.56 Å². The highest BCUT2D eigenvalue weighted by Gasteiger charge is 2.25. The maximum atomic E-state index is 12.3. The van der Waals surface area contributed by atoms with Crippen LogP contribution in [0.3, 0.4) is 0 Å². The van der Waals surface area contributed by atoms with E-state index in [4.69, 9.17) is 4.74 Å². The van der Waals surface area contributed by atoms with Gasteiger partial charge in [-0.15, -0.1) is 0 Å². The molecule has 0 atom stereocenters. The van der Waals surface area contributed by atoms with Crippen molar-refractivity contribution < 1.29 is 4.74 Å². The summed E-state index contributed by atoms with van der Waals surface area (Å²) in [7, 11) is 4.61. The molecule has 0 aliphatic carbocycles. The van der Waals surface area contributed by atoms with Crippen molar-refractivity contribution in [2.45, 2.75) is 0 Å². The fourth-order valence-electron chi connectivity index (χ4n) is 3.35. The first-order chi connectivity index (χ1) is 12.5. The monoisotopic (exact) mass is 355 g/mol. The molecule has 8 nitrogen and oxygen atoms in total. The molecule has 0 spiro atoms. The molecule has 1 aliphatic rings. The zero-order valence-electron chi connectivity index (χ0n) is 15.1. The summed E-state index contributed by atoms with van der Waals surface area (Å²) < 4.78 is 7.76. The fourth-order valence-corrected chi connectivity index (χ4v) is 3.35. The first kappa shape index (κ1) is 17.6. The predicted octanol–water partition coefficient (Wildman–Crippen LogP) is 0.291. The zero-order chi connectivity index (χ0) is 18.8. The van der Waals surface area contributed by atoms with E-state index in [-0.39, 0.29) is 5.56 Å². The van der Waals surface area contributed by atoms with Crippen molar-refractivity contribution in [1.82, 2.24) is 9.13 Å². The Labute approximate surface area is 151 Å². The SMILES string of the molecule is COc1ccccc1N1CCN(c2c(C#N)c(=O)n(C)c(=O)n2C)CC1. The molecule has 1 aromatic carbocycles. The van der Waals surface area contributed by atoms with Gasteiger partial charge in [0.25, 0.3) is 5.56 Å². The Hall–Kier alpha value is -3.21. The Morgan fingerprint density at radius 2 is 1.62 bits per heavy atom. The lowest BCUT2D eigenvalue weighted by Gasteiger charge is -2.38. The van der Waals surface area contributed by atoms with Crippen LogP contribution in [0.5, 0.6) is 5.75 Å². The van der Waals surface area contributed by atoms with Gasteiger partial charge in [0, 0.05) is 40.3 Å². The lowest BCUT2D eigenvalue weighted by molar-refractivity contribution is 0.413. The summed E-state index contributed by atoms with van der Waals surface area (Å²) in [5, 5.41) is 9.44. The van der Waals surface area contributed by atoms with Gasteiger partial charge in [-0.3, -0.25) is 13.9 Å². The minimum absolute atomic E-state index is 0.000316. The quantitative estimate of drug-likeness (QED) is 0.787. The number of anilines is 2. The van der Waals surface area contributed by atoms with Crippen LogP contribution in [0, 0.1) is 11.3 Å². The Kier molecular flexibility index (Phi) is 4.71. The molecule has 26 heavy (non-hydrogen) atoms. The summed E-state index contributed by atoms with van der Waals surface area (Å²) in [6, 6.07) is 9.77. The van der Waals surface area contributed by atoms with Crippen molar-refractivity contribution in [2.24, 2.45) is 14.1 Å². The van der Waals surface area contributed by atoms with Crippen molar-refractivity contribution in [3.05, 3.63) is 50.7 Å². The van der Waals surface area contributed by atoms with E-state index in [0.29, 0.717) is 32.0 Å². The van der Waals surface area contributed by atoms with Crippen molar-refractivity contribution in [2.75, 3.05) is 43.1 Å². The molecular weight excluding hydrogens is 334 g/mol. The van der Waals surface area contributed by atoms with Gasteiger partial charge in [0.2, 0.25) is 0 Å². The molecule has 2 aromatic rings. The Morgan fingerprint density at radius 3 is 2.23 bits per heavy atom. The average Bonchev–Trinajstić information content (AvgIpc) is 2.69. The van der Waals surface area contributed by atoms with Crippen LogP contribution in [0.4, 0.5) is 11.5 Å². The molecule has 136 valence electrons. The Balaban J connectivity index is 1.91. The summed E-state index contributed by atoms with van der Waals surface area (Å²) in [5.41, 5.74) is 0.0160. The second-order valence-electron chi connectivity index (χ2n) is 6.16. The molecule has 1 aromatic heterocycles. The van der Waals surface area contributed by atoms with Crippen LogP contribution in [-0.4, -0.2) is 42.4 Å². The molecule has 0 amide bonds. The van der Waals surface area contributed by atoms with Gasteiger partial charge in [-0.05, 0) is 12.1 Å². The van der Waals surface area contributed by atoms with Gasteiger partial charge in [-0.25, -0.2) is 4.79 Å². The smallest absolute Gasteiger partial charge is 0.332 e. The Morgan fingerprint density at radius 1 is 1.00 bits per heavy atom. The molecule has 0 bridgehead atoms. The summed E-state index contributed by atoms with van der Waals surface area (Å²) in [6.07, 6.45) is 0. The molecule has 0 saturated carbocycles. The second-order valence-corrected chi connectivity index (χ2v) is 6.16. The molecule has 0 N–H and O–H groups in total. The number of rotatable bonds is 3. The van der Waals surface area contributed by atoms with Gasteiger partial charge >= 0.3 is 5.69 Å². The van der Waals surface area contributed by atoms with Gasteiger partial charge in [0.05, 0.1) is 12.8 Å². The third kappa shape index (κ3) is 2.81. The summed E-state index contributed by atoms with van der Waals surface area (Å²) in [6.45, 7) is 2.56. The number of methoxy groups -OCH3 is 1. The van der Waals surface area contributed by atoms with E-state index in [1.165, 1.54) is 11.6 Å². The van der Waals surface area contributed by atoms with Gasteiger partial charge in [-0.2, -0.15) is 5.26 Å².